The predicted octanol–water partition coefficient (Wildman–Crippen LogP) is 3.81. The van der Waals surface area contributed by atoms with Crippen LogP contribution < -0.4 is 20.3 Å². The van der Waals surface area contributed by atoms with Crippen LogP contribution in [0.4, 0.5) is 22.7 Å². The lowest BCUT2D eigenvalue weighted by Gasteiger charge is -2.40. The van der Waals surface area contributed by atoms with E-state index in [1.165, 1.54) is 12.1 Å². The summed E-state index contributed by atoms with van der Waals surface area (Å²) in [5.74, 6) is -5.40. The molecule has 2 aromatic heterocycles. The number of H-pyrrole nitrogens is 1. The number of amides is 1. The van der Waals surface area contributed by atoms with E-state index in [0.29, 0.717) is 10.2 Å². The Morgan fingerprint density at radius 3 is 2.60 bits per heavy atom. The van der Waals surface area contributed by atoms with E-state index in [-0.39, 0.29) is 40.8 Å². The Morgan fingerprint density at radius 1 is 1.25 bits per heavy atom. The number of thiazole rings is 1. The second kappa shape index (κ2) is 11.3. The fourth-order valence-electron chi connectivity index (χ4n) is 4.49. The molecular formula is C25H28F4N4O6S. The minimum atomic E-state index is -3.77. The third-order valence-corrected chi connectivity index (χ3v) is 7.55. The third-order valence-electron chi connectivity index (χ3n) is 6.62. The van der Waals surface area contributed by atoms with E-state index in [4.69, 9.17) is 0 Å². The Labute approximate surface area is 229 Å². The predicted molar refractivity (Wildman–Crippen MR) is 138 cm³/mol. The smallest absolute Gasteiger partial charge is 0.395 e. The number of rotatable bonds is 6. The van der Waals surface area contributed by atoms with Crippen LogP contribution >= 0.6 is 11.3 Å². The third kappa shape index (κ3) is 5.92. The number of aromatic nitrogens is 2. The molecule has 2 aliphatic heterocycles. The van der Waals surface area contributed by atoms with E-state index >= 15 is 0 Å². The van der Waals surface area contributed by atoms with E-state index in [1.54, 1.807) is 11.8 Å². The maximum Gasteiger partial charge on any atom is 0.586 e. The van der Waals surface area contributed by atoms with Crippen LogP contribution in [0.25, 0.3) is 10.2 Å². The Bertz CT molecular complexity index is 1400. The first-order valence-corrected chi connectivity index (χ1v) is 13.3. The minimum Gasteiger partial charge on any atom is -0.395 e. The fraction of sp³-hybridized carbons (Fsp3) is 0.480. The Morgan fingerprint density at radius 2 is 1.93 bits per heavy atom. The Hall–Kier alpha value is -3.27. The van der Waals surface area contributed by atoms with Crippen molar-refractivity contribution in [2.24, 2.45) is 0 Å². The zero-order chi connectivity index (χ0) is 29.4. The number of nitrogens with one attached hydrogen (secondary N) is 2. The number of nitrogens with zero attached hydrogens (tertiary/aromatic N) is 2. The largest absolute Gasteiger partial charge is 0.586 e. The van der Waals surface area contributed by atoms with Crippen LogP contribution in [0.1, 0.15) is 50.3 Å². The van der Waals surface area contributed by atoms with Crippen molar-refractivity contribution in [2.75, 3.05) is 25.0 Å². The van der Waals surface area contributed by atoms with Gasteiger partial charge in [-0.25, -0.2) is 13.8 Å². The normalized spacial score (nSPS) is 20.9. The van der Waals surface area contributed by atoms with Crippen LogP contribution in [0.15, 0.2) is 29.2 Å². The number of likely N-dealkylation sites (tertiary alicyclic amines) is 1. The van der Waals surface area contributed by atoms with Gasteiger partial charge in [0.05, 0.1) is 28.8 Å². The molecule has 10 nitrogen and oxygen atoms in total. The number of hydrogen-bond acceptors (Lipinski definition) is 9. The molecule has 0 radical (unpaired) electrons. The first-order chi connectivity index (χ1) is 18.9. The number of fused-ring (bicyclic) bond motifs is 2. The van der Waals surface area contributed by atoms with Crippen LogP contribution in [-0.4, -0.2) is 68.9 Å². The number of halogens is 4. The molecule has 0 aliphatic carbocycles. The number of ether oxygens (including phenoxy) is 2. The highest BCUT2D eigenvalue weighted by molar-refractivity contribution is 7.22. The lowest BCUT2D eigenvalue weighted by atomic mass is 9.86. The molecular weight excluding hydrogens is 560 g/mol. The SMILES string of the molecule is CC.CC(C(=O)Nc1nc2cc3c(cc2s1)OC(F)(F)O3)N1CCC(F)(F)C(c2c[nH]c(=O)c(C(O)CO)c2)C1. The summed E-state index contributed by atoms with van der Waals surface area (Å²) in [7, 11) is 0. The number of aliphatic hydroxyl groups is 2. The topological polar surface area (TPSA) is 137 Å². The molecule has 1 fully saturated rings. The number of pyridine rings is 1. The minimum absolute atomic E-state index is 0.0589. The lowest BCUT2D eigenvalue weighted by Crippen LogP contribution is -2.52. The van der Waals surface area contributed by atoms with Crippen molar-refractivity contribution in [1.29, 1.82) is 0 Å². The van der Waals surface area contributed by atoms with Gasteiger partial charge in [0.1, 0.15) is 6.10 Å². The Kier molecular flexibility index (Phi) is 8.40. The molecule has 0 bridgehead atoms. The van der Waals surface area contributed by atoms with Crippen LogP contribution in [0.2, 0.25) is 0 Å². The number of aromatic amines is 1. The van der Waals surface area contributed by atoms with E-state index in [9.17, 15) is 37.4 Å². The molecule has 15 heteroatoms. The standard InChI is InChI=1S/C23H22F4N4O6S.C2H6/c1-10(19(34)30-21-29-14-5-16-17(6-18(14)38-21)37-23(26,27)36-16)31-3-2-22(24,25)13(8-31)11-4-12(15(33)9-32)20(35)28-7-11;1-2/h4-7,10,13,15,32-33H,2-3,8-9H2,1H3,(H,28,35)(H,29,30,34);1-2H3. The van der Waals surface area contributed by atoms with Crippen LogP contribution in [-0.2, 0) is 4.79 Å². The van der Waals surface area contributed by atoms with Crippen LogP contribution in [0.5, 0.6) is 11.5 Å². The molecule has 3 atom stereocenters. The van der Waals surface area contributed by atoms with Gasteiger partial charge in [0.25, 0.3) is 11.5 Å². The van der Waals surface area contributed by atoms with Gasteiger partial charge in [-0.2, -0.15) is 0 Å². The maximum absolute atomic E-state index is 14.9. The zero-order valence-corrected chi connectivity index (χ0v) is 22.5. The van der Waals surface area contributed by atoms with Gasteiger partial charge in [-0.3, -0.25) is 14.5 Å². The van der Waals surface area contributed by atoms with Gasteiger partial charge in [-0.15, -0.1) is 8.78 Å². The van der Waals surface area contributed by atoms with E-state index in [1.807, 2.05) is 13.8 Å². The number of benzene rings is 1. The number of anilines is 1. The van der Waals surface area contributed by atoms with E-state index < -0.39 is 54.8 Å². The van der Waals surface area contributed by atoms with E-state index in [2.05, 4.69) is 24.8 Å². The number of alkyl halides is 4. The average molecular weight is 589 g/mol. The molecule has 5 rings (SSSR count). The first kappa shape index (κ1) is 29.7. The molecule has 0 saturated carbocycles. The molecule has 1 amide bonds. The van der Waals surface area contributed by atoms with Crippen molar-refractivity contribution >= 4 is 32.6 Å². The van der Waals surface area contributed by atoms with Gasteiger partial charge >= 0.3 is 6.29 Å². The average Bonchev–Trinajstić information content (AvgIpc) is 3.44. The van der Waals surface area contributed by atoms with Gasteiger partial charge < -0.3 is 30.0 Å². The molecule has 2 aliphatic rings. The second-order valence-electron chi connectivity index (χ2n) is 9.09. The van der Waals surface area contributed by atoms with Crippen LogP contribution in [0, 0.1) is 0 Å². The fourth-order valence-corrected chi connectivity index (χ4v) is 5.37. The van der Waals surface area contributed by atoms with Gasteiger partial charge in [0, 0.05) is 43.4 Å². The van der Waals surface area contributed by atoms with Crippen molar-refractivity contribution in [3.8, 4) is 11.5 Å². The summed E-state index contributed by atoms with van der Waals surface area (Å²) in [5, 5.41) is 21.8. The number of piperidine rings is 1. The summed E-state index contributed by atoms with van der Waals surface area (Å²) in [4.78, 5) is 33.1. The van der Waals surface area contributed by atoms with Gasteiger partial charge in [-0.1, -0.05) is 25.2 Å². The zero-order valence-electron chi connectivity index (χ0n) is 21.7. The number of carbonyl (C=O) groups excluding carboxylic acids is 1. The van der Waals surface area contributed by atoms with Crippen LogP contribution in [0.3, 0.4) is 0 Å². The second-order valence-corrected chi connectivity index (χ2v) is 10.1. The summed E-state index contributed by atoms with van der Waals surface area (Å²) in [6, 6.07) is 2.89. The van der Waals surface area contributed by atoms with Gasteiger partial charge in [0.2, 0.25) is 5.91 Å². The molecule has 4 N–H and O–H groups in total. The number of carbonyl (C=O) groups is 1. The van der Waals surface area contributed by atoms with Crippen molar-refractivity contribution < 1.29 is 42.0 Å². The number of aliphatic hydroxyl groups excluding tert-OH is 2. The van der Waals surface area contributed by atoms with Crippen molar-refractivity contribution in [3.63, 3.8) is 0 Å². The monoisotopic (exact) mass is 588 g/mol. The maximum atomic E-state index is 14.9. The highest BCUT2D eigenvalue weighted by Crippen LogP contribution is 2.45. The van der Waals surface area contributed by atoms with Gasteiger partial charge in [-0.05, 0) is 18.6 Å². The molecule has 218 valence electrons. The lowest BCUT2D eigenvalue weighted by molar-refractivity contribution is -0.286. The quantitative estimate of drug-likeness (QED) is 0.319. The molecule has 1 aromatic carbocycles. The summed E-state index contributed by atoms with van der Waals surface area (Å²) in [6.45, 7) is 4.49. The highest BCUT2D eigenvalue weighted by Gasteiger charge is 2.47. The number of hydrogen-bond donors (Lipinski definition) is 4. The molecule has 4 heterocycles. The van der Waals surface area contributed by atoms with Crippen molar-refractivity contribution in [3.05, 3.63) is 45.9 Å². The first-order valence-electron chi connectivity index (χ1n) is 12.5. The van der Waals surface area contributed by atoms with Crippen molar-refractivity contribution in [1.82, 2.24) is 14.9 Å². The molecule has 3 aromatic rings. The summed E-state index contributed by atoms with van der Waals surface area (Å²) in [5.41, 5.74) is -0.574. The molecule has 40 heavy (non-hydrogen) atoms. The van der Waals surface area contributed by atoms with Gasteiger partial charge in [0.15, 0.2) is 16.6 Å². The van der Waals surface area contributed by atoms with E-state index in [0.717, 1.165) is 23.6 Å². The molecule has 1 saturated heterocycles. The summed E-state index contributed by atoms with van der Waals surface area (Å²) >= 11 is 1.02. The molecule has 3 unspecified atom stereocenters. The van der Waals surface area contributed by atoms with Crippen molar-refractivity contribution in [2.45, 2.75) is 57.5 Å². The Balaban J connectivity index is 0.00000181. The summed E-state index contributed by atoms with van der Waals surface area (Å²) in [6.07, 6.45) is -4.70. The summed E-state index contributed by atoms with van der Waals surface area (Å²) < 4.78 is 65.7. The molecule has 0 spiro atoms. The highest BCUT2D eigenvalue weighted by atomic mass is 32.1.